The highest BCUT2D eigenvalue weighted by atomic mass is 16.8. The molecule has 4 aliphatic heterocycles. The molecular formula is C74H91N3O15. The van der Waals surface area contributed by atoms with Gasteiger partial charge in [-0.15, -0.1) is 0 Å². The van der Waals surface area contributed by atoms with Gasteiger partial charge >= 0.3 is 0 Å². The number of fused-ring (bicyclic) bond motifs is 1. The van der Waals surface area contributed by atoms with Crippen LogP contribution in [0.2, 0.25) is 0 Å². The Kier molecular flexibility index (Phi) is 23.8. The molecule has 21 atom stereocenters. The molecule has 92 heavy (non-hydrogen) atoms. The van der Waals surface area contributed by atoms with Crippen LogP contribution < -0.4 is 0 Å². The number of hydrogen-bond donors (Lipinski definition) is 1. The Labute approximate surface area is 541 Å². The lowest BCUT2D eigenvalue weighted by Gasteiger charge is -2.51. The van der Waals surface area contributed by atoms with Crippen LogP contribution in [0.25, 0.3) is 10.4 Å². The molecule has 0 bridgehead atoms. The third-order valence-corrected chi connectivity index (χ3v) is 19.0. The van der Waals surface area contributed by atoms with Gasteiger partial charge in [0.2, 0.25) is 0 Å². The molecule has 5 fully saturated rings. The number of aliphatic hydroxyl groups excluding tert-OH is 1. The van der Waals surface area contributed by atoms with Gasteiger partial charge in [0.25, 0.3) is 0 Å². The summed E-state index contributed by atoms with van der Waals surface area (Å²) in [5.74, 6) is -2.14. The molecule has 10 unspecified atom stereocenters. The minimum absolute atomic E-state index is 0.00603. The first-order chi connectivity index (χ1) is 44.8. The first-order valence-electron chi connectivity index (χ1n) is 32.6. The second-order valence-corrected chi connectivity index (χ2v) is 25.8. The average Bonchev–Trinajstić information content (AvgIpc) is 1.49. The number of rotatable bonds is 28. The molecule has 0 radical (unpaired) electrons. The van der Waals surface area contributed by atoms with Crippen molar-refractivity contribution in [3.05, 3.63) is 226 Å². The number of ether oxygens (including phenoxy) is 14. The van der Waals surface area contributed by atoms with E-state index in [0.29, 0.717) is 13.2 Å². The van der Waals surface area contributed by atoms with Crippen molar-refractivity contribution in [3.63, 3.8) is 0 Å². The summed E-state index contributed by atoms with van der Waals surface area (Å²) in [5.41, 5.74) is 16.5. The lowest BCUT2D eigenvalue weighted by atomic mass is 9.82. The van der Waals surface area contributed by atoms with Crippen molar-refractivity contribution in [1.29, 1.82) is 0 Å². The van der Waals surface area contributed by atoms with Crippen molar-refractivity contribution in [2.24, 2.45) is 34.7 Å². The molecule has 1 N–H and O–H groups in total. The van der Waals surface area contributed by atoms with E-state index in [1.807, 2.05) is 210 Å². The Balaban J connectivity index is 0.898. The zero-order valence-corrected chi connectivity index (χ0v) is 53.8. The second-order valence-electron chi connectivity index (χ2n) is 25.8. The molecule has 5 aliphatic rings. The van der Waals surface area contributed by atoms with E-state index in [1.54, 1.807) is 0 Å². The molecule has 492 valence electrons. The average molecular weight is 1260 g/mol. The predicted molar refractivity (Wildman–Crippen MR) is 343 cm³/mol. The maximum atomic E-state index is 11.7. The topological polar surface area (TPSA) is 198 Å². The highest BCUT2D eigenvalue weighted by molar-refractivity contribution is 5.19. The fraction of sp³-hybridized carbons (Fsp3) is 0.514. The normalized spacial score (nSPS) is 33.5. The van der Waals surface area contributed by atoms with Gasteiger partial charge in [0.05, 0.1) is 83.8 Å². The molecule has 1 saturated carbocycles. The molecule has 1 aliphatic carbocycles. The summed E-state index contributed by atoms with van der Waals surface area (Å²) in [6, 6.07) is 58.8. The lowest BCUT2D eigenvalue weighted by molar-refractivity contribution is -0.354. The first-order valence-corrected chi connectivity index (χ1v) is 32.6. The maximum absolute atomic E-state index is 11.7. The Morgan fingerprint density at radius 1 is 0.391 bits per heavy atom. The summed E-state index contributed by atoms with van der Waals surface area (Å²) < 4.78 is 97.0. The van der Waals surface area contributed by atoms with Crippen LogP contribution in [0.4, 0.5) is 0 Å². The van der Waals surface area contributed by atoms with Gasteiger partial charge in [0, 0.05) is 4.91 Å². The van der Waals surface area contributed by atoms with Gasteiger partial charge in [-0.1, -0.05) is 222 Å². The monoisotopic (exact) mass is 1260 g/mol. The number of aliphatic hydroxyl groups is 1. The van der Waals surface area contributed by atoms with E-state index in [1.165, 1.54) is 0 Å². The molecule has 4 saturated heterocycles. The fourth-order valence-electron chi connectivity index (χ4n) is 13.3. The Morgan fingerprint density at radius 2 is 0.761 bits per heavy atom. The van der Waals surface area contributed by atoms with Crippen LogP contribution >= 0.6 is 0 Å². The molecule has 6 aromatic carbocycles. The molecule has 0 aromatic heterocycles. The third-order valence-electron chi connectivity index (χ3n) is 19.0. The molecular weight excluding hydrogens is 1170 g/mol. The van der Waals surface area contributed by atoms with Crippen molar-refractivity contribution >= 4 is 0 Å². The number of benzene rings is 6. The van der Waals surface area contributed by atoms with Gasteiger partial charge in [-0.2, -0.15) is 0 Å². The summed E-state index contributed by atoms with van der Waals surface area (Å²) in [6.45, 7) is 16.1. The molecule has 11 rings (SSSR count). The summed E-state index contributed by atoms with van der Waals surface area (Å²) in [7, 11) is 0. The minimum atomic E-state index is -1.22. The van der Waals surface area contributed by atoms with Gasteiger partial charge in [-0.05, 0) is 82.3 Å². The highest BCUT2D eigenvalue weighted by Crippen LogP contribution is 2.46. The van der Waals surface area contributed by atoms with Crippen LogP contribution in [-0.4, -0.2) is 129 Å². The van der Waals surface area contributed by atoms with E-state index < -0.39 is 104 Å². The zero-order valence-electron chi connectivity index (χ0n) is 53.8. The quantitative estimate of drug-likeness (QED) is 0.0276. The van der Waals surface area contributed by atoms with Gasteiger partial charge in [0.15, 0.2) is 24.7 Å². The number of hydrogen-bond acceptors (Lipinski definition) is 16. The standard InChI is InChI=1S/C74H91N3O15/c1-47-49(3)62(78)72(86-58(47)44-79-38-52-26-14-8-15-27-52)85-46-59-48(2)50(4)64(81-40-54-30-18-10-19-31-54)73(87-59)89-63-51(5)61(76-77-75)71(88-60(63)45-80-39-53-28-16-9-17-29-53)90-68-66(83-42-56-34-22-12-23-35-56)65(82-41-55-32-20-11-21-33-55)67(69-70(68)92-74(6,7)91-69)84-43-57-36-24-13-25-37-57/h8-37,47-51,58-73,78H,38-46H2,1-7H3/t47-,48-,49+,50+,51-,58?,59?,60?,61?,62?,63-,64?,65?,66?,67?,68?,69+,70+,71+,72-,73+/m1/s1. The van der Waals surface area contributed by atoms with E-state index in [-0.39, 0.29) is 76.0 Å². The summed E-state index contributed by atoms with van der Waals surface area (Å²) in [6.07, 6.45) is -12.2. The van der Waals surface area contributed by atoms with Crippen molar-refractivity contribution in [1.82, 2.24) is 0 Å². The molecule has 18 heteroatoms. The molecule has 0 amide bonds. The molecule has 0 spiro atoms. The Bertz CT molecular complexity index is 3180. The smallest absolute Gasteiger partial charge is 0.184 e. The highest BCUT2D eigenvalue weighted by Gasteiger charge is 2.62. The number of nitrogens with zero attached hydrogens (tertiary/aromatic N) is 3. The third kappa shape index (κ3) is 17.1. The van der Waals surface area contributed by atoms with Gasteiger partial charge < -0.3 is 71.4 Å². The largest absolute Gasteiger partial charge is 0.388 e. The van der Waals surface area contributed by atoms with Crippen molar-refractivity contribution in [3.8, 4) is 0 Å². The van der Waals surface area contributed by atoms with E-state index in [4.69, 9.17) is 66.3 Å². The van der Waals surface area contributed by atoms with E-state index >= 15 is 0 Å². The van der Waals surface area contributed by atoms with E-state index in [2.05, 4.69) is 30.8 Å². The summed E-state index contributed by atoms with van der Waals surface area (Å²) >= 11 is 0. The van der Waals surface area contributed by atoms with Crippen molar-refractivity contribution in [2.75, 3.05) is 19.8 Å². The van der Waals surface area contributed by atoms with Gasteiger partial charge in [0.1, 0.15) is 54.9 Å². The van der Waals surface area contributed by atoms with E-state index in [0.717, 1.165) is 33.4 Å². The predicted octanol–water partition coefficient (Wildman–Crippen LogP) is 12.5. The van der Waals surface area contributed by atoms with Crippen LogP contribution in [0.3, 0.4) is 0 Å². The van der Waals surface area contributed by atoms with Crippen LogP contribution in [0.1, 0.15) is 81.8 Å². The lowest BCUT2D eigenvalue weighted by Crippen LogP contribution is -2.67. The Morgan fingerprint density at radius 3 is 1.24 bits per heavy atom. The fourth-order valence-corrected chi connectivity index (χ4v) is 13.3. The molecule has 4 heterocycles. The molecule has 6 aromatic rings. The maximum Gasteiger partial charge on any atom is 0.184 e. The summed E-state index contributed by atoms with van der Waals surface area (Å²) in [4.78, 5) is 3.45. The number of azide groups is 1. The first kappa shape index (κ1) is 67.4. The van der Waals surface area contributed by atoms with Crippen molar-refractivity contribution in [2.45, 2.75) is 192 Å². The van der Waals surface area contributed by atoms with Crippen LogP contribution in [0.15, 0.2) is 187 Å². The minimum Gasteiger partial charge on any atom is -0.388 e. The summed E-state index contributed by atoms with van der Waals surface area (Å²) in [5, 5.41) is 16.2. The zero-order chi connectivity index (χ0) is 64.0. The van der Waals surface area contributed by atoms with E-state index in [9.17, 15) is 10.6 Å². The van der Waals surface area contributed by atoms with Crippen molar-refractivity contribution < 1.29 is 71.4 Å². The van der Waals surface area contributed by atoms with Crippen LogP contribution in [0, 0.1) is 29.6 Å². The SMILES string of the molecule is C[C@@H]1C(O)[C@H](OCC2O[C@@H](O[C@H]3C(COCc4ccccc4)O[C@@H](OC4C(OCc5ccccc5)C(OCc5ccccc5)C(OCc5ccccc5)[C@@H]5OC(C)(C)O[C@@H]45)C(N=[N+]=[N-])[C@H]3C)C(OCc3ccccc3)[C@@H](C)[C@H]2C)OC(COCc2ccccc2)[C@@H]1C. The molecule has 18 nitrogen and oxygen atoms in total. The van der Waals surface area contributed by atoms with Crippen LogP contribution in [-0.2, 0) is 106 Å². The van der Waals surface area contributed by atoms with Gasteiger partial charge in [-0.25, -0.2) is 0 Å². The van der Waals surface area contributed by atoms with Crippen LogP contribution in [0.5, 0.6) is 0 Å². The Hall–Kier alpha value is -5.97. The second kappa shape index (κ2) is 32.4. The van der Waals surface area contributed by atoms with Gasteiger partial charge in [-0.3, -0.25) is 0 Å².